The quantitative estimate of drug-likeness (QED) is 0.375. The first kappa shape index (κ1) is 26.4. The number of aromatic nitrogens is 2. The van der Waals surface area contributed by atoms with E-state index < -0.39 is 27.5 Å². The van der Waals surface area contributed by atoms with E-state index in [-0.39, 0.29) is 41.8 Å². The van der Waals surface area contributed by atoms with Crippen molar-refractivity contribution >= 4 is 44.0 Å². The van der Waals surface area contributed by atoms with Crippen molar-refractivity contribution in [1.82, 2.24) is 9.97 Å². The molecule has 1 aliphatic heterocycles. The Labute approximate surface area is 222 Å². The Balaban J connectivity index is 1.48. The van der Waals surface area contributed by atoms with Gasteiger partial charge in [-0.1, -0.05) is 12.1 Å². The molecule has 1 amide bonds. The number of benzene rings is 3. The van der Waals surface area contributed by atoms with E-state index in [1.54, 1.807) is 35.4 Å². The number of amides is 1. The molecule has 0 atom stereocenters. The van der Waals surface area contributed by atoms with E-state index in [1.165, 1.54) is 6.07 Å². The van der Waals surface area contributed by atoms with E-state index in [0.29, 0.717) is 11.2 Å². The van der Waals surface area contributed by atoms with Gasteiger partial charge >= 0.3 is 6.18 Å². The minimum Gasteiger partial charge on any atom is -0.368 e. The van der Waals surface area contributed by atoms with Crippen molar-refractivity contribution in [1.29, 1.82) is 0 Å². The standard InChI is InChI=1S/C27H24F3N5O3S/c1-16-2-3-18(13-21(16)17-4-6-22-19(12-17)15-32-26(31)34-22)25(36)33-23-14-20(27(28,29)30)5-7-24(23)35-8-10-39(37,38)11-9-35/h2-7,12-15H,8-11H2,1H3,(H,33,36)(H2,31,32,34). The summed E-state index contributed by atoms with van der Waals surface area (Å²) < 4.78 is 64.2. The average molecular weight is 556 g/mol. The first-order valence-electron chi connectivity index (χ1n) is 12.0. The van der Waals surface area contributed by atoms with Crippen molar-refractivity contribution in [3.63, 3.8) is 0 Å². The Morgan fingerprint density at radius 1 is 1.03 bits per heavy atom. The lowest BCUT2D eigenvalue weighted by atomic mass is 9.97. The number of alkyl halides is 3. The van der Waals surface area contributed by atoms with Gasteiger partial charge in [0, 0.05) is 30.2 Å². The van der Waals surface area contributed by atoms with E-state index in [2.05, 4.69) is 15.3 Å². The minimum atomic E-state index is -4.62. The van der Waals surface area contributed by atoms with Gasteiger partial charge in [0.05, 0.1) is 34.0 Å². The fourth-order valence-electron chi connectivity index (χ4n) is 4.53. The third-order valence-electron chi connectivity index (χ3n) is 6.67. The van der Waals surface area contributed by atoms with Crippen LogP contribution in [0.3, 0.4) is 0 Å². The Morgan fingerprint density at radius 2 is 1.77 bits per heavy atom. The third kappa shape index (κ3) is 5.65. The summed E-state index contributed by atoms with van der Waals surface area (Å²) in [5.41, 5.74) is 8.37. The molecule has 0 spiro atoms. The fraction of sp³-hybridized carbons (Fsp3) is 0.222. The molecule has 3 N–H and O–H groups in total. The zero-order valence-corrected chi connectivity index (χ0v) is 21.6. The number of hydrogen-bond donors (Lipinski definition) is 2. The highest BCUT2D eigenvalue weighted by Gasteiger charge is 2.32. The van der Waals surface area contributed by atoms with Crippen LogP contribution in [0, 0.1) is 6.92 Å². The topological polar surface area (TPSA) is 118 Å². The minimum absolute atomic E-state index is 0.0447. The van der Waals surface area contributed by atoms with Crippen LogP contribution in [0.5, 0.6) is 0 Å². The molecule has 0 bridgehead atoms. The van der Waals surface area contributed by atoms with Crippen molar-refractivity contribution < 1.29 is 26.4 Å². The summed E-state index contributed by atoms with van der Waals surface area (Å²) in [6.45, 7) is 2.11. The normalized spacial score (nSPS) is 15.3. The SMILES string of the molecule is Cc1ccc(C(=O)Nc2cc(C(F)(F)F)ccc2N2CCS(=O)(=O)CC2)cc1-c1ccc2nc(N)ncc2c1. The van der Waals surface area contributed by atoms with Gasteiger partial charge in [-0.2, -0.15) is 13.2 Å². The van der Waals surface area contributed by atoms with Crippen LogP contribution < -0.4 is 16.0 Å². The number of nitrogen functional groups attached to an aromatic ring is 1. The summed E-state index contributed by atoms with van der Waals surface area (Å²) in [6.07, 6.45) is -3.02. The van der Waals surface area contributed by atoms with E-state index in [9.17, 15) is 26.4 Å². The number of carbonyl (C=O) groups excluding carboxylic acids is 1. The Bertz CT molecular complexity index is 1690. The molecule has 12 heteroatoms. The maximum atomic E-state index is 13.5. The largest absolute Gasteiger partial charge is 0.416 e. The van der Waals surface area contributed by atoms with Gasteiger partial charge in [0.2, 0.25) is 5.95 Å². The Hall–Kier alpha value is -4.19. The van der Waals surface area contributed by atoms with Gasteiger partial charge in [0.25, 0.3) is 5.91 Å². The summed E-state index contributed by atoms with van der Waals surface area (Å²) in [7, 11) is -3.21. The monoisotopic (exact) mass is 555 g/mol. The van der Waals surface area contributed by atoms with Gasteiger partial charge < -0.3 is 16.0 Å². The molecule has 1 fully saturated rings. The van der Waals surface area contributed by atoms with Gasteiger partial charge in [-0.05, 0) is 66.1 Å². The summed E-state index contributed by atoms with van der Waals surface area (Å²) in [4.78, 5) is 23.2. The van der Waals surface area contributed by atoms with Gasteiger partial charge in [0.1, 0.15) is 0 Å². The number of nitrogens with one attached hydrogen (secondary N) is 1. The number of nitrogens with zero attached hydrogens (tertiary/aromatic N) is 3. The van der Waals surface area contributed by atoms with Crippen LogP contribution in [-0.4, -0.2) is 48.9 Å². The summed E-state index contributed by atoms with van der Waals surface area (Å²) in [5.74, 6) is -0.679. The molecular weight excluding hydrogens is 531 g/mol. The maximum Gasteiger partial charge on any atom is 0.416 e. The van der Waals surface area contributed by atoms with Gasteiger partial charge in [-0.25, -0.2) is 18.4 Å². The highest BCUT2D eigenvalue weighted by atomic mass is 32.2. The van der Waals surface area contributed by atoms with E-state index in [1.807, 2.05) is 19.1 Å². The second-order valence-electron chi connectivity index (χ2n) is 9.35. The third-order valence-corrected chi connectivity index (χ3v) is 8.28. The van der Waals surface area contributed by atoms with Crippen LogP contribution in [0.15, 0.2) is 60.8 Å². The molecule has 4 aromatic rings. The van der Waals surface area contributed by atoms with Crippen LogP contribution in [0.1, 0.15) is 21.5 Å². The molecule has 8 nitrogen and oxygen atoms in total. The fourth-order valence-corrected chi connectivity index (χ4v) is 5.73. The van der Waals surface area contributed by atoms with E-state index >= 15 is 0 Å². The number of fused-ring (bicyclic) bond motifs is 1. The number of aryl methyl sites for hydroxylation is 1. The summed E-state index contributed by atoms with van der Waals surface area (Å²) in [6, 6.07) is 13.6. The van der Waals surface area contributed by atoms with Crippen molar-refractivity contribution in [2.45, 2.75) is 13.1 Å². The first-order chi connectivity index (χ1) is 18.4. The average Bonchev–Trinajstić information content (AvgIpc) is 2.88. The lowest BCUT2D eigenvalue weighted by molar-refractivity contribution is -0.137. The molecular formula is C27H24F3N5O3S. The van der Waals surface area contributed by atoms with Gasteiger partial charge in [-0.15, -0.1) is 0 Å². The van der Waals surface area contributed by atoms with Crippen LogP contribution in [0.25, 0.3) is 22.0 Å². The molecule has 1 saturated heterocycles. The summed E-state index contributed by atoms with van der Waals surface area (Å²) >= 11 is 0. The predicted molar refractivity (Wildman–Crippen MR) is 144 cm³/mol. The number of halogens is 3. The van der Waals surface area contributed by atoms with Crippen molar-refractivity contribution in [3.8, 4) is 11.1 Å². The molecule has 5 rings (SSSR count). The van der Waals surface area contributed by atoms with Gasteiger partial charge in [-0.3, -0.25) is 4.79 Å². The van der Waals surface area contributed by atoms with Crippen molar-refractivity contribution in [2.75, 3.05) is 40.5 Å². The Morgan fingerprint density at radius 3 is 2.49 bits per heavy atom. The lowest BCUT2D eigenvalue weighted by Gasteiger charge is -2.31. The number of nitrogens with two attached hydrogens (primary N) is 1. The molecule has 0 aliphatic carbocycles. The zero-order valence-electron chi connectivity index (χ0n) is 20.8. The number of anilines is 3. The second kappa shape index (κ2) is 9.84. The highest BCUT2D eigenvalue weighted by molar-refractivity contribution is 7.91. The molecule has 0 unspecified atom stereocenters. The first-order valence-corrected chi connectivity index (χ1v) is 13.8. The predicted octanol–water partition coefficient (Wildman–Crippen LogP) is 4.69. The van der Waals surface area contributed by atoms with Crippen molar-refractivity contribution in [3.05, 3.63) is 77.5 Å². The number of sulfone groups is 1. The van der Waals surface area contributed by atoms with E-state index in [4.69, 9.17) is 5.73 Å². The van der Waals surface area contributed by atoms with Crippen molar-refractivity contribution in [2.24, 2.45) is 0 Å². The molecule has 1 aliphatic rings. The smallest absolute Gasteiger partial charge is 0.368 e. The van der Waals surface area contributed by atoms with E-state index in [0.717, 1.165) is 34.2 Å². The molecule has 0 saturated carbocycles. The van der Waals surface area contributed by atoms with Crippen LogP contribution >= 0.6 is 0 Å². The number of hydrogen-bond acceptors (Lipinski definition) is 7. The number of carbonyl (C=O) groups is 1. The van der Waals surface area contributed by atoms with Gasteiger partial charge in [0.15, 0.2) is 9.84 Å². The molecule has 1 aromatic heterocycles. The lowest BCUT2D eigenvalue weighted by Crippen LogP contribution is -2.40. The molecule has 39 heavy (non-hydrogen) atoms. The highest BCUT2D eigenvalue weighted by Crippen LogP contribution is 2.36. The second-order valence-corrected chi connectivity index (χ2v) is 11.7. The molecule has 2 heterocycles. The molecule has 202 valence electrons. The maximum absolute atomic E-state index is 13.5. The number of rotatable bonds is 4. The van der Waals surface area contributed by atoms with Crippen LogP contribution in [0.4, 0.5) is 30.5 Å². The van der Waals surface area contributed by atoms with Crippen LogP contribution in [0.2, 0.25) is 0 Å². The zero-order chi connectivity index (χ0) is 27.9. The molecule has 3 aromatic carbocycles. The summed E-state index contributed by atoms with van der Waals surface area (Å²) in [5, 5.41) is 3.38. The Kier molecular flexibility index (Phi) is 6.67. The molecule has 0 radical (unpaired) electrons. The van der Waals surface area contributed by atoms with Crippen LogP contribution in [-0.2, 0) is 16.0 Å².